The van der Waals surface area contributed by atoms with Gasteiger partial charge in [-0.05, 0) is 51.9 Å². The SMILES string of the molecule is CC1(C)CC(=O)C2=C(C1)[C@@H](c1ccc3c(c1)OCO3)Nc1ccc3ccccc3c12. The van der Waals surface area contributed by atoms with Crippen LogP contribution >= 0.6 is 0 Å². The molecule has 0 bridgehead atoms. The first kappa shape index (κ1) is 17.6. The maximum Gasteiger partial charge on any atom is 0.231 e. The number of anilines is 1. The molecule has 0 saturated carbocycles. The molecule has 2 heterocycles. The van der Waals surface area contributed by atoms with E-state index in [1.165, 1.54) is 5.57 Å². The monoisotopic (exact) mass is 397 g/mol. The van der Waals surface area contributed by atoms with Crippen LogP contribution in [0.25, 0.3) is 16.3 Å². The highest BCUT2D eigenvalue weighted by Gasteiger charge is 2.40. The molecule has 0 fully saturated rings. The molecule has 3 aromatic rings. The van der Waals surface area contributed by atoms with Gasteiger partial charge in [0.15, 0.2) is 17.3 Å². The summed E-state index contributed by atoms with van der Waals surface area (Å²) >= 11 is 0. The molecule has 4 heteroatoms. The Morgan fingerprint density at radius 2 is 1.80 bits per heavy atom. The van der Waals surface area contributed by atoms with Crippen molar-refractivity contribution in [2.45, 2.75) is 32.7 Å². The lowest BCUT2D eigenvalue weighted by Crippen LogP contribution is -2.32. The zero-order valence-electron chi connectivity index (χ0n) is 17.1. The number of rotatable bonds is 1. The van der Waals surface area contributed by atoms with Crippen LogP contribution in [0.1, 0.15) is 43.9 Å². The van der Waals surface area contributed by atoms with E-state index in [0.717, 1.165) is 51.1 Å². The predicted molar refractivity (Wildman–Crippen MR) is 118 cm³/mol. The second-order valence-corrected chi connectivity index (χ2v) is 9.24. The Bertz CT molecular complexity index is 1250. The summed E-state index contributed by atoms with van der Waals surface area (Å²) in [7, 11) is 0. The normalized spacial score (nSPS) is 21.3. The van der Waals surface area contributed by atoms with Gasteiger partial charge in [-0.25, -0.2) is 0 Å². The van der Waals surface area contributed by atoms with E-state index < -0.39 is 0 Å². The first-order valence-corrected chi connectivity index (χ1v) is 10.4. The molecule has 30 heavy (non-hydrogen) atoms. The summed E-state index contributed by atoms with van der Waals surface area (Å²) in [6.07, 6.45) is 1.45. The molecule has 1 aliphatic carbocycles. The van der Waals surface area contributed by atoms with Gasteiger partial charge >= 0.3 is 0 Å². The molecule has 0 spiro atoms. The summed E-state index contributed by atoms with van der Waals surface area (Å²) in [4.78, 5) is 13.5. The summed E-state index contributed by atoms with van der Waals surface area (Å²) in [6.45, 7) is 4.62. The van der Waals surface area contributed by atoms with Crippen molar-refractivity contribution in [3.8, 4) is 11.5 Å². The quantitative estimate of drug-likeness (QED) is 0.557. The standard InChI is InChI=1S/C26H23NO3/c1-26(2)12-18-24(20(28)13-26)23-17-6-4-3-5-15(17)7-9-19(23)27-25(18)16-8-10-21-22(11-16)30-14-29-21/h3-11,25,27H,12-14H2,1-2H3/t25-/m1/s1. The molecule has 0 amide bonds. The highest BCUT2D eigenvalue weighted by atomic mass is 16.7. The number of allylic oxidation sites excluding steroid dienone is 1. The van der Waals surface area contributed by atoms with E-state index in [1.54, 1.807) is 0 Å². The zero-order chi connectivity index (χ0) is 20.5. The minimum Gasteiger partial charge on any atom is -0.454 e. The van der Waals surface area contributed by atoms with Crippen LogP contribution < -0.4 is 14.8 Å². The zero-order valence-corrected chi connectivity index (χ0v) is 17.1. The van der Waals surface area contributed by atoms with E-state index in [0.29, 0.717) is 6.42 Å². The summed E-state index contributed by atoms with van der Waals surface area (Å²) in [5, 5.41) is 6.04. The Kier molecular flexibility index (Phi) is 3.58. The van der Waals surface area contributed by atoms with Crippen LogP contribution in [0.5, 0.6) is 11.5 Å². The van der Waals surface area contributed by atoms with Gasteiger partial charge in [-0.2, -0.15) is 0 Å². The number of ether oxygens (including phenoxy) is 2. The lowest BCUT2D eigenvalue weighted by molar-refractivity contribution is -0.116. The van der Waals surface area contributed by atoms with Crippen molar-refractivity contribution in [3.63, 3.8) is 0 Å². The third-order valence-electron chi connectivity index (χ3n) is 6.47. The second-order valence-electron chi connectivity index (χ2n) is 9.24. The van der Waals surface area contributed by atoms with Crippen molar-refractivity contribution in [3.05, 3.63) is 71.3 Å². The molecule has 3 aromatic carbocycles. The second kappa shape index (κ2) is 6.11. The third kappa shape index (κ3) is 2.56. The van der Waals surface area contributed by atoms with Crippen molar-refractivity contribution in [2.75, 3.05) is 12.1 Å². The van der Waals surface area contributed by atoms with E-state index in [4.69, 9.17) is 9.47 Å². The topological polar surface area (TPSA) is 47.6 Å². The van der Waals surface area contributed by atoms with Gasteiger partial charge in [-0.1, -0.05) is 50.2 Å². The number of benzene rings is 3. The van der Waals surface area contributed by atoms with Crippen LogP contribution in [0.4, 0.5) is 5.69 Å². The number of Topliss-reactive ketones (excluding diaryl/α,β-unsaturated/α-hetero) is 1. The fraction of sp³-hybridized carbons (Fsp3) is 0.269. The van der Waals surface area contributed by atoms with Gasteiger partial charge in [-0.15, -0.1) is 0 Å². The Hall–Kier alpha value is -3.27. The van der Waals surface area contributed by atoms with Crippen LogP contribution in [0, 0.1) is 5.41 Å². The minimum absolute atomic E-state index is 0.0612. The first-order valence-electron chi connectivity index (χ1n) is 10.4. The molecule has 0 saturated heterocycles. The molecule has 6 rings (SSSR count). The Morgan fingerprint density at radius 1 is 0.967 bits per heavy atom. The van der Waals surface area contributed by atoms with Crippen LogP contribution in [0.15, 0.2) is 60.2 Å². The number of hydrogen-bond acceptors (Lipinski definition) is 4. The number of fused-ring (bicyclic) bond motifs is 5. The Balaban J connectivity index is 1.60. The number of ketones is 1. The minimum atomic E-state index is -0.0633. The maximum absolute atomic E-state index is 13.5. The van der Waals surface area contributed by atoms with Gasteiger partial charge in [0.1, 0.15) is 0 Å². The summed E-state index contributed by atoms with van der Waals surface area (Å²) in [5.74, 6) is 1.78. The Labute approximate surface area is 175 Å². The van der Waals surface area contributed by atoms with Crippen molar-refractivity contribution in [2.24, 2.45) is 5.41 Å². The molecule has 2 aliphatic heterocycles. The van der Waals surface area contributed by atoms with Crippen molar-refractivity contribution < 1.29 is 14.3 Å². The molecule has 0 aromatic heterocycles. The molecule has 0 unspecified atom stereocenters. The van der Waals surface area contributed by atoms with E-state index in [-0.39, 0.29) is 24.0 Å². The maximum atomic E-state index is 13.5. The predicted octanol–water partition coefficient (Wildman–Crippen LogP) is 5.88. The molecular formula is C26H23NO3. The Morgan fingerprint density at radius 3 is 2.70 bits per heavy atom. The summed E-state index contributed by atoms with van der Waals surface area (Å²) < 4.78 is 11.1. The number of carbonyl (C=O) groups is 1. The molecule has 3 aliphatic rings. The molecular weight excluding hydrogens is 374 g/mol. The van der Waals surface area contributed by atoms with Gasteiger partial charge < -0.3 is 14.8 Å². The van der Waals surface area contributed by atoms with Gasteiger partial charge in [0, 0.05) is 23.2 Å². The van der Waals surface area contributed by atoms with Crippen LogP contribution in [0.3, 0.4) is 0 Å². The average molecular weight is 397 g/mol. The molecule has 1 atom stereocenters. The summed E-state index contributed by atoms with van der Waals surface area (Å²) in [5.41, 5.74) is 5.19. The van der Waals surface area contributed by atoms with Gasteiger partial charge in [-0.3, -0.25) is 4.79 Å². The third-order valence-corrected chi connectivity index (χ3v) is 6.47. The molecule has 150 valence electrons. The summed E-state index contributed by atoms with van der Waals surface area (Å²) in [6, 6.07) is 18.6. The first-order chi connectivity index (χ1) is 14.5. The van der Waals surface area contributed by atoms with Crippen LogP contribution in [-0.4, -0.2) is 12.6 Å². The lowest BCUT2D eigenvalue weighted by Gasteiger charge is -2.40. The molecule has 1 N–H and O–H groups in total. The highest BCUT2D eigenvalue weighted by molar-refractivity contribution is 6.28. The number of carbonyl (C=O) groups excluding carboxylic acids is 1. The largest absolute Gasteiger partial charge is 0.454 e. The van der Waals surface area contributed by atoms with E-state index >= 15 is 0 Å². The van der Waals surface area contributed by atoms with Gasteiger partial charge in [0.25, 0.3) is 0 Å². The number of nitrogens with one attached hydrogen (secondary N) is 1. The molecule has 0 radical (unpaired) electrons. The van der Waals surface area contributed by atoms with E-state index in [9.17, 15) is 4.79 Å². The van der Waals surface area contributed by atoms with E-state index in [2.05, 4.69) is 49.5 Å². The highest BCUT2D eigenvalue weighted by Crippen LogP contribution is 2.52. The van der Waals surface area contributed by atoms with Crippen LogP contribution in [-0.2, 0) is 4.79 Å². The fourth-order valence-corrected chi connectivity index (χ4v) is 5.20. The van der Waals surface area contributed by atoms with E-state index in [1.807, 2.05) is 24.3 Å². The number of hydrogen-bond donors (Lipinski definition) is 1. The lowest BCUT2D eigenvalue weighted by atomic mass is 9.68. The van der Waals surface area contributed by atoms with Crippen molar-refractivity contribution >= 4 is 27.8 Å². The van der Waals surface area contributed by atoms with Crippen LogP contribution in [0.2, 0.25) is 0 Å². The molecule has 4 nitrogen and oxygen atoms in total. The van der Waals surface area contributed by atoms with Crippen molar-refractivity contribution in [1.29, 1.82) is 0 Å². The average Bonchev–Trinajstić information content (AvgIpc) is 3.19. The fourth-order valence-electron chi connectivity index (χ4n) is 5.20. The smallest absolute Gasteiger partial charge is 0.231 e. The van der Waals surface area contributed by atoms with Gasteiger partial charge in [0.2, 0.25) is 6.79 Å². The van der Waals surface area contributed by atoms with Crippen molar-refractivity contribution in [1.82, 2.24) is 0 Å². The van der Waals surface area contributed by atoms with Gasteiger partial charge in [0.05, 0.1) is 6.04 Å².